The van der Waals surface area contributed by atoms with Crippen LogP contribution in [-0.2, 0) is 11.2 Å². The van der Waals surface area contributed by atoms with E-state index in [2.05, 4.69) is 0 Å². The van der Waals surface area contributed by atoms with Crippen LogP contribution in [-0.4, -0.2) is 5.78 Å². The fraction of sp³-hybridized carbons (Fsp3) is 0.250. The van der Waals surface area contributed by atoms with Gasteiger partial charge in [0.25, 0.3) is 0 Å². The molecule has 0 saturated carbocycles. The van der Waals surface area contributed by atoms with Crippen LogP contribution in [0.5, 0.6) is 0 Å². The second-order valence-electron chi connectivity index (χ2n) is 3.32. The first kappa shape index (κ1) is 9.00. The zero-order valence-corrected chi connectivity index (χ0v) is 8.12. The molecule has 14 heavy (non-hydrogen) atoms. The molecule has 0 unspecified atom stereocenters. The van der Waals surface area contributed by atoms with E-state index in [1.165, 1.54) is 0 Å². The molecule has 0 spiro atoms. The fourth-order valence-corrected chi connectivity index (χ4v) is 1.55. The SMILES string of the molecule is CCC(=O)Cc1cccc2occc12. The van der Waals surface area contributed by atoms with E-state index in [4.69, 9.17) is 4.42 Å². The van der Waals surface area contributed by atoms with Gasteiger partial charge in [0, 0.05) is 18.2 Å². The fourth-order valence-electron chi connectivity index (χ4n) is 1.55. The zero-order chi connectivity index (χ0) is 9.97. The van der Waals surface area contributed by atoms with Crippen molar-refractivity contribution in [3.8, 4) is 0 Å². The van der Waals surface area contributed by atoms with Crippen molar-refractivity contribution in [1.82, 2.24) is 0 Å². The maximum Gasteiger partial charge on any atom is 0.137 e. The van der Waals surface area contributed by atoms with Crippen LogP contribution < -0.4 is 0 Å². The Morgan fingerprint density at radius 3 is 3.00 bits per heavy atom. The average Bonchev–Trinajstić information content (AvgIpc) is 2.66. The summed E-state index contributed by atoms with van der Waals surface area (Å²) in [5, 5.41) is 1.05. The van der Waals surface area contributed by atoms with Gasteiger partial charge in [0.1, 0.15) is 11.4 Å². The molecule has 2 aromatic rings. The second kappa shape index (κ2) is 3.66. The van der Waals surface area contributed by atoms with Crippen LogP contribution in [0.1, 0.15) is 18.9 Å². The van der Waals surface area contributed by atoms with Gasteiger partial charge in [-0.1, -0.05) is 19.1 Å². The van der Waals surface area contributed by atoms with E-state index < -0.39 is 0 Å². The van der Waals surface area contributed by atoms with Gasteiger partial charge >= 0.3 is 0 Å². The quantitative estimate of drug-likeness (QED) is 0.741. The largest absolute Gasteiger partial charge is 0.464 e. The van der Waals surface area contributed by atoms with Gasteiger partial charge in [-0.3, -0.25) is 4.79 Å². The lowest BCUT2D eigenvalue weighted by molar-refractivity contribution is -0.118. The smallest absolute Gasteiger partial charge is 0.137 e. The van der Waals surface area contributed by atoms with E-state index in [0.29, 0.717) is 12.8 Å². The molecule has 2 heteroatoms. The topological polar surface area (TPSA) is 30.2 Å². The number of carbonyl (C=O) groups excluding carboxylic acids is 1. The predicted molar refractivity (Wildman–Crippen MR) is 55.2 cm³/mol. The van der Waals surface area contributed by atoms with E-state index >= 15 is 0 Å². The van der Waals surface area contributed by atoms with Crippen LogP contribution in [0.15, 0.2) is 34.9 Å². The van der Waals surface area contributed by atoms with E-state index in [0.717, 1.165) is 16.5 Å². The molecule has 0 bridgehead atoms. The van der Waals surface area contributed by atoms with Crippen molar-refractivity contribution in [1.29, 1.82) is 0 Å². The maximum absolute atomic E-state index is 11.3. The van der Waals surface area contributed by atoms with Gasteiger partial charge in [-0.25, -0.2) is 0 Å². The molecule has 1 heterocycles. The van der Waals surface area contributed by atoms with Crippen LogP contribution in [0.2, 0.25) is 0 Å². The summed E-state index contributed by atoms with van der Waals surface area (Å²) in [5.41, 5.74) is 1.91. The number of Topliss-reactive ketones (excluding diaryl/α,β-unsaturated/α-hetero) is 1. The molecule has 1 aromatic heterocycles. The molecule has 2 nitrogen and oxygen atoms in total. The highest BCUT2D eigenvalue weighted by Crippen LogP contribution is 2.20. The molecule has 0 aliphatic rings. The van der Waals surface area contributed by atoms with Gasteiger partial charge in [-0.15, -0.1) is 0 Å². The molecule has 2 rings (SSSR count). The number of carbonyl (C=O) groups is 1. The average molecular weight is 188 g/mol. The molecule has 0 aliphatic heterocycles. The summed E-state index contributed by atoms with van der Waals surface area (Å²) in [5.74, 6) is 0.263. The van der Waals surface area contributed by atoms with Crippen molar-refractivity contribution >= 4 is 16.8 Å². The lowest BCUT2D eigenvalue weighted by Gasteiger charge is -1.99. The van der Waals surface area contributed by atoms with Crippen molar-refractivity contribution < 1.29 is 9.21 Å². The Balaban J connectivity index is 2.41. The Morgan fingerprint density at radius 1 is 1.36 bits per heavy atom. The first-order valence-corrected chi connectivity index (χ1v) is 4.78. The third-order valence-electron chi connectivity index (χ3n) is 2.37. The monoisotopic (exact) mass is 188 g/mol. The number of hydrogen-bond acceptors (Lipinski definition) is 2. The first-order chi connectivity index (χ1) is 6.81. The minimum Gasteiger partial charge on any atom is -0.464 e. The van der Waals surface area contributed by atoms with Crippen LogP contribution in [0, 0.1) is 0 Å². The van der Waals surface area contributed by atoms with Gasteiger partial charge in [0.2, 0.25) is 0 Å². The van der Waals surface area contributed by atoms with Gasteiger partial charge < -0.3 is 4.42 Å². The highest BCUT2D eigenvalue weighted by molar-refractivity contribution is 5.88. The molecule has 1 aromatic carbocycles. The summed E-state index contributed by atoms with van der Waals surface area (Å²) in [6, 6.07) is 7.72. The lowest BCUT2D eigenvalue weighted by atomic mass is 10.0. The molecule has 0 amide bonds. The van der Waals surface area contributed by atoms with Gasteiger partial charge in [0.05, 0.1) is 6.26 Å². The predicted octanol–water partition coefficient (Wildman–Crippen LogP) is 2.95. The molecule has 72 valence electrons. The molecule has 0 N–H and O–H groups in total. The normalized spacial score (nSPS) is 10.6. The van der Waals surface area contributed by atoms with E-state index in [-0.39, 0.29) is 5.78 Å². The Morgan fingerprint density at radius 2 is 2.21 bits per heavy atom. The first-order valence-electron chi connectivity index (χ1n) is 4.78. The van der Waals surface area contributed by atoms with Crippen molar-refractivity contribution in [2.45, 2.75) is 19.8 Å². The Bertz CT molecular complexity index is 454. The van der Waals surface area contributed by atoms with Crippen molar-refractivity contribution in [2.24, 2.45) is 0 Å². The van der Waals surface area contributed by atoms with Crippen molar-refractivity contribution in [3.05, 3.63) is 36.1 Å². The highest BCUT2D eigenvalue weighted by Gasteiger charge is 2.06. The van der Waals surface area contributed by atoms with Gasteiger partial charge in [-0.05, 0) is 17.7 Å². The van der Waals surface area contributed by atoms with Gasteiger partial charge in [-0.2, -0.15) is 0 Å². The standard InChI is InChI=1S/C12H12O2/c1-2-10(13)8-9-4-3-5-12-11(9)6-7-14-12/h3-7H,2,8H2,1H3. The number of fused-ring (bicyclic) bond motifs is 1. The Labute approximate surface area is 82.5 Å². The van der Waals surface area contributed by atoms with Crippen molar-refractivity contribution in [3.63, 3.8) is 0 Å². The molecule has 0 saturated heterocycles. The molecule has 0 atom stereocenters. The third kappa shape index (κ3) is 1.55. The second-order valence-corrected chi connectivity index (χ2v) is 3.32. The van der Waals surface area contributed by atoms with Crippen LogP contribution in [0.4, 0.5) is 0 Å². The Hall–Kier alpha value is -1.57. The molecule has 0 aliphatic carbocycles. The summed E-state index contributed by atoms with van der Waals surface area (Å²) in [7, 11) is 0. The number of ketones is 1. The summed E-state index contributed by atoms with van der Waals surface area (Å²) in [6.07, 6.45) is 2.76. The summed E-state index contributed by atoms with van der Waals surface area (Å²) >= 11 is 0. The minimum absolute atomic E-state index is 0.263. The van der Waals surface area contributed by atoms with Crippen LogP contribution in [0.25, 0.3) is 11.0 Å². The number of hydrogen-bond donors (Lipinski definition) is 0. The van der Waals surface area contributed by atoms with E-state index in [1.54, 1.807) is 6.26 Å². The number of rotatable bonds is 3. The van der Waals surface area contributed by atoms with E-state index in [9.17, 15) is 4.79 Å². The molecular weight excluding hydrogens is 176 g/mol. The zero-order valence-electron chi connectivity index (χ0n) is 8.12. The maximum atomic E-state index is 11.3. The van der Waals surface area contributed by atoms with Crippen LogP contribution in [0.3, 0.4) is 0 Å². The van der Waals surface area contributed by atoms with Gasteiger partial charge in [0.15, 0.2) is 0 Å². The highest BCUT2D eigenvalue weighted by atomic mass is 16.3. The minimum atomic E-state index is 0.263. The van der Waals surface area contributed by atoms with E-state index in [1.807, 2.05) is 31.2 Å². The summed E-state index contributed by atoms with van der Waals surface area (Å²) < 4.78 is 5.26. The Kier molecular flexibility index (Phi) is 2.35. The third-order valence-corrected chi connectivity index (χ3v) is 2.37. The molecule has 0 radical (unpaired) electrons. The summed E-state index contributed by atoms with van der Waals surface area (Å²) in [6.45, 7) is 1.89. The number of furan rings is 1. The summed E-state index contributed by atoms with van der Waals surface area (Å²) in [4.78, 5) is 11.3. The number of benzene rings is 1. The van der Waals surface area contributed by atoms with Crippen LogP contribution >= 0.6 is 0 Å². The van der Waals surface area contributed by atoms with Crippen molar-refractivity contribution in [2.75, 3.05) is 0 Å². The molecular formula is C12H12O2. The molecule has 0 fully saturated rings. The lowest BCUT2D eigenvalue weighted by Crippen LogP contribution is -2.00.